The zero-order valence-electron chi connectivity index (χ0n) is 12.3. The first kappa shape index (κ1) is 14.7. The van der Waals surface area contributed by atoms with Crippen LogP contribution in [0.3, 0.4) is 0 Å². The van der Waals surface area contributed by atoms with E-state index < -0.39 is 10.0 Å². The molecular formula is C15H22N2O3S. The van der Waals surface area contributed by atoms with E-state index in [0.29, 0.717) is 24.0 Å². The van der Waals surface area contributed by atoms with E-state index in [2.05, 4.69) is 11.6 Å². The molecule has 21 heavy (non-hydrogen) atoms. The molecule has 1 saturated carbocycles. The molecule has 1 aromatic carbocycles. The van der Waals surface area contributed by atoms with Crippen LogP contribution in [0.2, 0.25) is 0 Å². The topological polar surface area (TPSA) is 81.4 Å². The first-order chi connectivity index (χ1) is 9.95. The minimum Gasteiger partial charge on any atom is -0.492 e. The third kappa shape index (κ3) is 3.01. The van der Waals surface area contributed by atoms with Crippen molar-refractivity contribution >= 4 is 15.7 Å². The lowest BCUT2D eigenvalue weighted by atomic mass is 10.1. The molecule has 6 heteroatoms. The minimum absolute atomic E-state index is 0.0191. The maximum absolute atomic E-state index is 12.7. The maximum atomic E-state index is 12.7. The van der Waals surface area contributed by atoms with Crippen LogP contribution in [0.4, 0.5) is 5.69 Å². The molecule has 1 aromatic rings. The van der Waals surface area contributed by atoms with Gasteiger partial charge in [0.15, 0.2) is 0 Å². The normalized spacial score (nSPS) is 25.4. The van der Waals surface area contributed by atoms with Crippen LogP contribution in [-0.2, 0) is 16.4 Å². The maximum Gasteiger partial charge on any atom is 0.244 e. The van der Waals surface area contributed by atoms with E-state index in [9.17, 15) is 8.42 Å². The fourth-order valence-electron chi connectivity index (χ4n) is 3.27. The number of hydrogen-bond donors (Lipinski definition) is 2. The molecule has 3 rings (SSSR count). The molecule has 0 aromatic heterocycles. The highest BCUT2D eigenvalue weighted by molar-refractivity contribution is 7.89. The molecule has 2 aliphatic rings. The Hall–Kier alpha value is -1.27. The SMILES string of the molecule is CC1CCC(NS(=O)(=O)c2cc(N)cc3c2OCCC3)C1. The number of nitrogens with one attached hydrogen (secondary N) is 1. The van der Waals surface area contributed by atoms with Gasteiger partial charge in [0, 0.05) is 11.7 Å². The average molecular weight is 310 g/mol. The second kappa shape index (κ2) is 5.50. The Kier molecular flexibility index (Phi) is 3.84. The highest BCUT2D eigenvalue weighted by Crippen LogP contribution is 2.35. The van der Waals surface area contributed by atoms with Gasteiger partial charge in [0.25, 0.3) is 0 Å². The molecule has 0 saturated heterocycles. The summed E-state index contributed by atoms with van der Waals surface area (Å²) in [5, 5.41) is 0. The summed E-state index contributed by atoms with van der Waals surface area (Å²) in [5.41, 5.74) is 7.22. The highest BCUT2D eigenvalue weighted by atomic mass is 32.2. The zero-order valence-corrected chi connectivity index (χ0v) is 13.1. The van der Waals surface area contributed by atoms with Crippen LogP contribution in [0, 0.1) is 5.92 Å². The summed E-state index contributed by atoms with van der Waals surface area (Å²) in [7, 11) is -3.59. The van der Waals surface area contributed by atoms with Gasteiger partial charge in [-0.15, -0.1) is 0 Å². The molecule has 3 N–H and O–H groups in total. The monoisotopic (exact) mass is 310 g/mol. The van der Waals surface area contributed by atoms with Crippen molar-refractivity contribution < 1.29 is 13.2 Å². The van der Waals surface area contributed by atoms with E-state index in [1.165, 1.54) is 6.07 Å². The Morgan fingerprint density at radius 2 is 2.14 bits per heavy atom. The molecule has 0 spiro atoms. The molecular weight excluding hydrogens is 288 g/mol. The van der Waals surface area contributed by atoms with Crippen LogP contribution in [0.1, 0.15) is 38.2 Å². The van der Waals surface area contributed by atoms with E-state index in [0.717, 1.165) is 37.7 Å². The van der Waals surface area contributed by atoms with Crippen molar-refractivity contribution in [2.75, 3.05) is 12.3 Å². The van der Waals surface area contributed by atoms with E-state index in [1.54, 1.807) is 0 Å². The van der Waals surface area contributed by atoms with Crippen LogP contribution in [-0.4, -0.2) is 21.1 Å². The molecule has 0 amide bonds. The van der Waals surface area contributed by atoms with Gasteiger partial charge in [-0.25, -0.2) is 13.1 Å². The Labute approximate surface area is 125 Å². The average Bonchev–Trinajstić information content (AvgIpc) is 2.82. The molecule has 1 heterocycles. The van der Waals surface area contributed by atoms with E-state index in [4.69, 9.17) is 10.5 Å². The lowest BCUT2D eigenvalue weighted by Crippen LogP contribution is -2.33. The lowest BCUT2D eigenvalue weighted by molar-refractivity contribution is 0.280. The van der Waals surface area contributed by atoms with Gasteiger partial charge in [-0.3, -0.25) is 0 Å². The summed E-state index contributed by atoms with van der Waals surface area (Å²) in [6, 6.07) is 3.33. The molecule has 116 valence electrons. The van der Waals surface area contributed by atoms with Gasteiger partial charge >= 0.3 is 0 Å². The second-order valence-electron chi connectivity index (χ2n) is 6.20. The van der Waals surface area contributed by atoms with Crippen molar-refractivity contribution in [2.24, 2.45) is 5.92 Å². The number of benzene rings is 1. The van der Waals surface area contributed by atoms with Crippen molar-refractivity contribution in [3.63, 3.8) is 0 Å². The van der Waals surface area contributed by atoms with Gasteiger partial charge in [-0.2, -0.15) is 0 Å². The molecule has 5 nitrogen and oxygen atoms in total. The molecule has 2 atom stereocenters. The van der Waals surface area contributed by atoms with Crippen LogP contribution in [0.5, 0.6) is 5.75 Å². The summed E-state index contributed by atoms with van der Waals surface area (Å²) in [6.45, 7) is 2.71. The number of nitrogen functional groups attached to an aromatic ring is 1. The Morgan fingerprint density at radius 1 is 1.33 bits per heavy atom. The smallest absolute Gasteiger partial charge is 0.244 e. The lowest BCUT2D eigenvalue weighted by Gasteiger charge is -2.22. The van der Waals surface area contributed by atoms with Crippen LogP contribution >= 0.6 is 0 Å². The molecule has 1 aliphatic carbocycles. The Bertz CT molecular complexity index is 643. The highest BCUT2D eigenvalue weighted by Gasteiger charge is 2.30. The molecule has 0 radical (unpaired) electrons. The number of ether oxygens (including phenoxy) is 1. The first-order valence-electron chi connectivity index (χ1n) is 7.53. The number of rotatable bonds is 3. The van der Waals surface area contributed by atoms with E-state index >= 15 is 0 Å². The molecule has 1 aliphatic heterocycles. The second-order valence-corrected chi connectivity index (χ2v) is 7.88. The van der Waals surface area contributed by atoms with Gasteiger partial charge in [-0.1, -0.05) is 6.92 Å². The Balaban J connectivity index is 1.93. The van der Waals surface area contributed by atoms with Crippen molar-refractivity contribution in [2.45, 2.75) is 50.0 Å². The molecule has 0 bridgehead atoms. The minimum atomic E-state index is -3.59. The van der Waals surface area contributed by atoms with Crippen molar-refractivity contribution in [1.82, 2.24) is 4.72 Å². The van der Waals surface area contributed by atoms with Crippen LogP contribution in [0.25, 0.3) is 0 Å². The largest absolute Gasteiger partial charge is 0.492 e. The van der Waals surface area contributed by atoms with Gasteiger partial charge in [0.05, 0.1) is 6.61 Å². The number of nitrogens with two attached hydrogens (primary N) is 1. The van der Waals surface area contributed by atoms with Gasteiger partial charge < -0.3 is 10.5 Å². The van der Waals surface area contributed by atoms with Crippen LogP contribution < -0.4 is 15.2 Å². The van der Waals surface area contributed by atoms with E-state index in [-0.39, 0.29) is 10.9 Å². The Morgan fingerprint density at radius 3 is 2.86 bits per heavy atom. The summed E-state index contributed by atoms with van der Waals surface area (Å²) in [5.74, 6) is 1.05. The van der Waals surface area contributed by atoms with Gasteiger partial charge in [0.2, 0.25) is 10.0 Å². The third-order valence-corrected chi connectivity index (χ3v) is 5.82. The molecule has 1 fully saturated rings. The molecule has 2 unspecified atom stereocenters. The number of sulfonamides is 1. The zero-order chi connectivity index (χ0) is 15.0. The predicted octanol–water partition coefficient (Wildman–Crippen LogP) is 2.06. The van der Waals surface area contributed by atoms with Crippen molar-refractivity contribution in [3.8, 4) is 5.75 Å². The van der Waals surface area contributed by atoms with E-state index in [1.807, 2.05) is 6.07 Å². The number of aryl methyl sites for hydroxylation is 1. The van der Waals surface area contributed by atoms with Gasteiger partial charge in [-0.05, 0) is 55.7 Å². The fourth-order valence-corrected chi connectivity index (χ4v) is 4.77. The van der Waals surface area contributed by atoms with Crippen molar-refractivity contribution in [3.05, 3.63) is 17.7 Å². The standard InChI is InChI=1S/C15H22N2O3S/c1-10-4-5-13(7-10)17-21(18,19)14-9-12(16)8-11-3-2-6-20-15(11)14/h8-10,13,17H,2-7,16H2,1H3. The predicted molar refractivity (Wildman–Crippen MR) is 81.8 cm³/mol. The fraction of sp³-hybridized carbons (Fsp3) is 0.600. The summed E-state index contributed by atoms with van der Waals surface area (Å²) >= 11 is 0. The summed E-state index contributed by atoms with van der Waals surface area (Å²) < 4.78 is 33.8. The number of hydrogen-bond acceptors (Lipinski definition) is 4. The summed E-state index contributed by atoms with van der Waals surface area (Å²) in [6.07, 6.45) is 4.56. The number of anilines is 1. The summed E-state index contributed by atoms with van der Waals surface area (Å²) in [4.78, 5) is 0.191. The number of fused-ring (bicyclic) bond motifs is 1. The first-order valence-corrected chi connectivity index (χ1v) is 9.01. The third-order valence-electron chi connectivity index (χ3n) is 4.30. The quantitative estimate of drug-likeness (QED) is 0.837. The van der Waals surface area contributed by atoms with Gasteiger partial charge in [0.1, 0.15) is 10.6 Å². The van der Waals surface area contributed by atoms with Crippen LogP contribution in [0.15, 0.2) is 17.0 Å². The van der Waals surface area contributed by atoms with Crippen molar-refractivity contribution in [1.29, 1.82) is 0 Å².